The Morgan fingerprint density at radius 1 is 0.271 bits per heavy atom. The van der Waals surface area contributed by atoms with Gasteiger partial charge in [-0.05, 0) is 150 Å². The lowest BCUT2D eigenvalue weighted by molar-refractivity contribution is -0.205. The molecule has 0 aliphatic carbocycles. The average molecular weight is 889 g/mol. The standard InChI is InChI=1S/C46H85F9O3S/c47-33-13-4-24-43(25-5-14-34-48,23-3-1-2-22-42-59(56,57)58)45(29-9-18-38-52,30-10-19-39-53)46(31-11-20-40-54,32-12-21-41-55)44(26-6-15-35-49,27-7-16-36-50)28-8-17-37-51/h1-42H2,(H,56,57,58). The number of rotatable bonds is 46. The highest BCUT2D eigenvalue weighted by Gasteiger charge is 2.65. The Labute approximate surface area is 354 Å². The minimum absolute atomic E-state index is 0.231. The molecule has 0 aliphatic rings. The Morgan fingerprint density at radius 3 is 0.661 bits per heavy atom. The second-order valence-electron chi connectivity index (χ2n) is 17.5. The number of unbranched alkanes of at least 4 members (excludes halogenated alkanes) is 12. The van der Waals surface area contributed by atoms with E-state index < -0.39 is 91.8 Å². The van der Waals surface area contributed by atoms with E-state index >= 15 is 0 Å². The predicted molar refractivity (Wildman–Crippen MR) is 228 cm³/mol. The van der Waals surface area contributed by atoms with E-state index in [-0.39, 0.29) is 70.0 Å². The van der Waals surface area contributed by atoms with Gasteiger partial charge in [-0.3, -0.25) is 44.1 Å². The molecule has 1 N–H and O–H groups in total. The van der Waals surface area contributed by atoms with Crippen LogP contribution in [-0.2, 0) is 10.1 Å². The Bertz CT molecular complexity index is 996. The van der Waals surface area contributed by atoms with Gasteiger partial charge in [-0.2, -0.15) is 8.42 Å². The lowest BCUT2D eigenvalue weighted by Gasteiger charge is -2.69. The van der Waals surface area contributed by atoms with Gasteiger partial charge in [-0.1, -0.05) is 77.0 Å². The minimum Gasteiger partial charge on any atom is -0.286 e. The number of hydrogen-bond donors (Lipinski definition) is 1. The van der Waals surface area contributed by atoms with Crippen LogP contribution in [0.2, 0.25) is 0 Å². The first-order valence-electron chi connectivity index (χ1n) is 23.5. The fraction of sp³-hybridized carbons (Fsp3) is 1.00. The number of halogens is 9. The summed E-state index contributed by atoms with van der Waals surface area (Å²) in [4.78, 5) is 0. The largest absolute Gasteiger partial charge is 0.286 e. The van der Waals surface area contributed by atoms with Crippen LogP contribution in [0, 0.1) is 21.7 Å². The van der Waals surface area contributed by atoms with Crippen LogP contribution in [0.25, 0.3) is 0 Å². The van der Waals surface area contributed by atoms with E-state index in [4.69, 9.17) is 0 Å². The highest BCUT2D eigenvalue weighted by atomic mass is 32.2. The molecule has 0 heterocycles. The lowest BCUT2D eigenvalue weighted by atomic mass is 9.35. The Hall–Kier alpha value is -0.720. The Morgan fingerprint density at radius 2 is 0.458 bits per heavy atom. The van der Waals surface area contributed by atoms with Crippen molar-refractivity contribution in [3.63, 3.8) is 0 Å². The molecule has 0 amide bonds. The first-order valence-corrected chi connectivity index (χ1v) is 25.1. The van der Waals surface area contributed by atoms with Crippen LogP contribution < -0.4 is 0 Å². The van der Waals surface area contributed by atoms with Crippen LogP contribution in [-0.4, -0.2) is 78.8 Å². The van der Waals surface area contributed by atoms with Crippen molar-refractivity contribution in [2.24, 2.45) is 21.7 Å². The van der Waals surface area contributed by atoms with Gasteiger partial charge in [0.25, 0.3) is 10.1 Å². The van der Waals surface area contributed by atoms with Crippen molar-refractivity contribution in [2.75, 3.05) is 65.8 Å². The molecule has 0 saturated carbocycles. The maximum Gasteiger partial charge on any atom is 0.264 e. The van der Waals surface area contributed by atoms with Crippen molar-refractivity contribution in [1.29, 1.82) is 0 Å². The summed E-state index contributed by atoms with van der Waals surface area (Å²) in [5, 5.41) is 0. The van der Waals surface area contributed by atoms with Gasteiger partial charge in [0, 0.05) is 0 Å². The van der Waals surface area contributed by atoms with Gasteiger partial charge in [-0.15, -0.1) is 0 Å². The van der Waals surface area contributed by atoms with E-state index in [2.05, 4.69) is 0 Å². The van der Waals surface area contributed by atoms with E-state index in [1.54, 1.807) is 0 Å². The molecule has 59 heavy (non-hydrogen) atoms. The summed E-state index contributed by atoms with van der Waals surface area (Å²) in [6.45, 7) is -5.16. The minimum atomic E-state index is -4.16. The summed E-state index contributed by atoms with van der Waals surface area (Å²) in [5.41, 5.74) is -3.01. The molecule has 13 heteroatoms. The normalized spacial score (nSPS) is 13.2. The Balaban J connectivity index is 8.89. The van der Waals surface area contributed by atoms with E-state index in [1.165, 1.54) is 0 Å². The molecule has 0 radical (unpaired) electrons. The molecule has 0 spiro atoms. The van der Waals surface area contributed by atoms with Crippen LogP contribution >= 0.6 is 0 Å². The topological polar surface area (TPSA) is 54.4 Å². The summed E-state index contributed by atoms with van der Waals surface area (Å²) >= 11 is 0. The highest BCUT2D eigenvalue weighted by Crippen LogP contribution is 2.74. The number of alkyl halides is 9. The average Bonchev–Trinajstić information content (AvgIpc) is 3.21. The SMILES string of the molecule is O=S(=O)(O)CCCCCCC(CCCCF)(CCCCF)C(CCCCF)(CCCCF)C(CCCCF)(CCCCF)C(CCCCF)(CCCCF)CCCCF. The van der Waals surface area contributed by atoms with Crippen molar-refractivity contribution >= 4 is 10.1 Å². The predicted octanol–water partition coefficient (Wildman–Crippen LogP) is 16.0. The van der Waals surface area contributed by atoms with Crippen molar-refractivity contribution in [3.8, 4) is 0 Å². The van der Waals surface area contributed by atoms with Gasteiger partial charge in [0.15, 0.2) is 0 Å². The van der Waals surface area contributed by atoms with Gasteiger partial charge >= 0.3 is 0 Å². The van der Waals surface area contributed by atoms with Gasteiger partial charge in [0.1, 0.15) is 0 Å². The molecule has 0 aromatic carbocycles. The van der Waals surface area contributed by atoms with E-state index in [1.807, 2.05) is 0 Å². The molecule has 0 unspecified atom stereocenters. The summed E-state index contributed by atoms with van der Waals surface area (Å²) in [5.74, 6) is -0.382. The summed E-state index contributed by atoms with van der Waals surface area (Å²) in [6.07, 6.45) is 13.3. The van der Waals surface area contributed by atoms with Gasteiger partial charge in [0.2, 0.25) is 0 Å². The van der Waals surface area contributed by atoms with Crippen LogP contribution in [0.5, 0.6) is 0 Å². The van der Waals surface area contributed by atoms with Crippen LogP contribution in [0.15, 0.2) is 0 Å². The monoisotopic (exact) mass is 889 g/mol. The van der Waals surface area contributed by atoms with Crippen molar-refractivity contribution < 1.29 is 52.5 Å². The molecule has 3 nitrogen and oxygen atoms in total. The second kappa shape index (κ2) is 35.7. The van der Waals surface area contributed by atoms with Gasteiger partial charge in [0.05, 0.1) is 65.8 Å². The first-order chi connectivity index (χ1) is 28.5. The molecule has 0 rings (SSSR count). The first kappa shape index (κ1) is 58.3. The zero-order valence-corrected chi connectivity index (χ0v) is 37.6. The molecule has 0 atom stereocenters. The maximum atomic E-state index is 14.3. The van der Waals surface area contributed by atoms with Crippen molar-refractivity contribution in [2.45, 2.75) is 205 Å². The summed E-state index contributed by atoms with van der Waals surface area (Å²) in [7, 11) is -4.16. The van der Waals surface area contributed by atoms with Crippen molar-refractivity contribution in [1.82, 2.24) is 0 Å². The van der Waals surface area contributed by atoms with Gasteiger partial charge < -0.3 is 0 Å². The molecule has 0 aliphatic heterocycles. The smallest absolute Gasteiger partial charge is 0.264 e. The fourth-order valence-electron chi connectivity index (χ4n) is 11.4. The van der Waals surface area contributed by atoms with Crippen molar-refractivity contribution in [3.05, 3.63) is 0 Å². The molecular weight excluding hydrogens is 804 g/mol. The second-order valence-corrected chi connectivity index (χ2v) is 19.1. The van der Waals surface area contributed by atoms with Crippen LogP contribution in [0.4, 0.5) is 39.5 Å². The van der Waals surface area contributed by atoms with E-state index in [0.717, 1.165) is 0 Å². The van der Waals surface area contributed by atoms with E-state index in [0.29, 0.717) is 141 Å². The third kappa shape index (κ3) is 21.0. The summed E-state index contributed by atoms with van der Waals surface area (Å²) in [6, 6.07) is 0. The zero-order valence-electron chi connectivity index (χ0n) is 36.8. The van der Waals surface area contributed by atoms with Crippen LogP contribution in [0.3, 0.4) is 0 Å². The van der Waals surface area contributed by atoms with Crippen LogP contribution in [0.1, 0.15) is 205 Å². The van der Waals surface area contributed by atoms with E-state index in [9.17, 15) is 52.5 Å². The summed E-state index contributed by atoms with van der Waals surface area (Å²) < 4.78 is 160. The zero-order chi connectivity index (χ0) is 44.2. The molecule has 0 bridgehead atoms. The molecule has 0 fully saturated rings. The Kier molecular flexibility index (Phi) is 35.3. The fourth-order valence-corrected chi connectivity index (χ4v) is 12.0. The molecule has 356 valence electrons. The molecular formula is C46H85F9O3S. The highest BCUT2D eigenvalue weighted by molar-refractivity contribution is 7.85. The molecule has 0 aromatic heterocycles. The third-order valence-corrected chi connectivity index (χ3v) is 14.7. The quantitative estimate of drug-likeness (QED) is 0.0376. The number of hydrogen-bond acceptors (Lipinski definition) is 2. The third-order valence-electron chi connectivity index (χ3n) is 13.9. The van der Waals surface area contributed by atoms with Gasteiger partial charge in [-0.25, -0.2) is 0 Å². The lowest BCUT2D eigenvalue weighted by Crippen LogP contribution is -2.61. The molecule has 0 saturated heterocycles. The maximum absolute atomic E-state index is 14.3. The molecule has 0 aromatic rings.